The molecule has 1 N–H and O–H groups in total. The molecule has 104 valence electrons. The Morgan fingerprint density at radius 2 is 2.00 bits per heavy atom. The van der Waals surface area contributed by atoms with E-state index < -0.39 is 11.4 Å². The molecule has 1 aliphatic rings. The van der Waals surface area contributed by atoms with Crippen LogP contribution in [0, 0.1) is 5.82 Å². The second kappa shape index (κ2) is 5.07. The molecule has 3 rings (SSSR count). The third kappa shape index (κ3) is 2.43. The number of hydrogen-bond donors (Lipinski definition) is 1. The molecular formula is C15H14FNO3. The van der Waals surface area contributed by atoms with Crippen LogP contribution in [-0.2, 0) is 0 Å². The van der Waals surface area contributed by atoms with E-state index in [2.05, 4.69) is 5.32 Å². The molecule has 0 aliphatic heterocycles. The van der Waals surface area contributed by atoms with Crippen LogP contribution >= 0.6 is 0 Å². The van der Waals surface area contributed by atoms with Gasteiger partial charge in [-0.1, -0.05) is 18.9 Å². The Morgan fingerprint density at radius 3 is 2.75 bits per heavy atom. The molecule has 4 nitrogen and oxygen atoms in total. The van der Waals surface area contributed by atoms with E-state index in [0.717, 1.165) is 31.7 Å². The Morgan fingerprint density at radius 1 is 1.25 bits per heavy atom. The summed E-state index contributed by atoms with van der Waals surface area (Å²) in [4.78, 5) is 23.8. The first-order valence-corrected chi connectivity index (χ1v) is 6.68. The van der Waals surface area contributed by atoms with Gasteiger partial charge in [0.15, 0.2) is 5.76 Å². The van der Waals surface area contributed by atoms with Crippen molar-refractivity contribution in [1.29, 1.82) is 0 Å². The highest BCUT2D eigenvalue weighted by Gasteiger charge is 2.20. The Balaban J connectivity index is 1.93. The fraction of sp³-hybridized carbons (Fsp3) is 0.333. The lowest BCUT2D eigenvalue weighted by atomic mass is 10.1. The van der Waals surface area contributed by atoms with Gasteiger partial charge >= 0.3 is 5.63 Å². The van der Waals surface area contributed by atoms with Crippen LogP contribution in [0.5, 0.6) is 0 Å². The molecular weight excluding hydrogens is 261 g/mol. The van der Waals surface area contributed by atoms with Gasteiger partial charge in [0.05, 0.1) is 5.39 Å². The lowest BCUT2D eigenvalue weighted by Gasteiger charge is -2.11. The van der Waals surface area contributed by atoms with Gasteiger partial charge in [-0.05, 0) is 36.4 Å². The summed E-state index contributed by atoms with van der Waals surface area (Å²) in [7, 11) is 0. The van der Waals surface area contributed by atoms with Gasteiger partial charge < -0.3 is 9.73 Å². The number of nitrogens with one attached hydrogen (secondary N) is 1. The molecule has 1 aromatic heterocycles. The minimum absolute atomic E-state index is 0.0268. The minimum atomic E-state index is -0.696. The molecule has 1 aromatic carbocycles. The van der Waals surface area contributed by atoms with Crippen molar-refractivity contribution in [3.05, 3.63) is 46.3 Å². The predicted octanol–water partition coefficient (Wildman–Crippen LogP) is 2.60. The van der Waals surface area contributed by atoms with Crippen LogP contribution in [0.15, 0.2) is 33.5 Å². The quantitative estimate of drug-likeness (QED) is 0.916. The van der Waals surface area contributed by atoms with Crippen LogP contribution < -0.4 is 10.9 Å². The van der Waals surface area contributed by atoms with Crippen molar-refractivity contribution < 1.29 is 13.6 Å². The van der Waals surface area contributed by atoms with Crippen molar-refractivity contribution in [3.63, 3.8) is 0 Å². The highest BCUT2D eigenvalue weighted by Crippen LogP contribution is 2.19. The van der Waals surface area contributed by atoms with Crippen molar-refractivity contribution >= 4 is 16.7 Å². The SMILES string of the molecule is O=C(NC1CCCC1)c1cc2ccc(F)cc2c(=O)o1. The van der Waals surface area contributed by atoms with E-state index >= 15 is 0 Å². The maximum atomic E-state index is 13.1. The molecule has 1 aliphatic carbocycles. The molecule has 0 unspecified atom stereocenters. The molecule has 2 aromatic rings. The van der Waals surface area contributed by atoms with Gasteiger partial charge in [-0.2, -0.15) is 0 Å². The van der Waals surface area contributed by atoms with E-state index in [1.807, 2.05) is 0 Å². The molecule has 1 saturated carbocycles. The Bertz CT molecular complexity index is 717. The van der Waals surface area contributed by atoms with Crippen LogP contribution in [0.1, 0.15) is 36.2 Å². The van der Waals surface area contributed by atoms with E-state index in [9.17, 15) is 14.0 Å². The van der Waals surface area contributed by atoms with E-state index in [1.54, 1.807) is 0 Å². The first-order chi connectivity index (χ1) is 9.63. The molecule has 1 fully saturated rings. The average molecular weight is 275 g/mol. The van der Waals surface area contributed by atoms with Gasteiger partial charge in [0, 0.05) is 6.04 Å². The topological polar surface area (TPSA) is 59.3 Å². The number of hydrogen-bond acceptors (Lipinski definition) is 3. The van der Waals surface area contributed by atoms with Gasteiger partial charge in [0.25, 0.3) is 5.91 Å². The molecule has 5 heteroatoms. The first kappa shape index (κ1) is 12.8. The Labute approximate surface area is 114 Å². The molecule has 0 radical (unpaired) electrons. The van der Waals surface area contributed by atoms with Crippen molar-refractivity contribution in [3.8, 4) is 0 Å². The Hall–Kier alpha value is -2.17. The largest absolute Gasteiger partial charge is 0.417 e. The zero-order valence-electron chi connectivity index (χ0n) is 10.8. The molecule has 0 atom stereocenters. The second-order valence-corrected chi connectivity index (χ2v) is 5.08. The summed E-state index contributed by atoms with van der Waals surface area (Å²) in [5, 5.41) is 3.49. The van der Waals surface area contributed by atoms with Crippen LogP contribution in [0.4, 0.5) is 4.39 Å². The fourth-order valence-corrected chi connectivity index (χ4v) is 2.60. The summed E-state index contributed by atoms with van der Waals surface area (Å²) < 4.78 is 18.1. The number of carbonyl (C=O) groups excluding carboxylic acids is 1. The van der Waals surface area contributed by atoms with Crippen LogP contribution in [0.2, 0.25) is 0 Å². The number of benzene rings is 1. The summed E-state index contributed by atoms with van der Waals surface area (Å²) in [6.07, 6.45) is 4.11. The van der Waals surface area contributed by atoms with E-state index in [1.165, 1.54) is 18.2 Å². The smallest absolute Gasteiger partial charge is 0.344 e. The van der Waals surface area contributed by atoms with Gasteiger partial charge in [0.1, 0.15) is 5.82 Å². The van der Waals surface area contributed by atoms with Crippen molar-refractivity contribution in [2.45, 2.75) is 31.7 Å². The summed E-state index contributed by atoms with van der Waals surface area (Å²) in [6, 6.07) is 5.45. The van der Waals surface area contributed by atoms with E-state index in [4.69, 9.17) is 4.42 Å². The maximum absolute atomic E-state index is 13.1. The third-order valence-corrected chi connectivity index (χ3v) is 3.64. The lowest BCUT2D eigenvalue weighted by Crippen LogP contribution is -2.33. The molecule has 1 heterocycles. The van der Waals surface area contributed by atoms with Gasteiger partial charge in [0.2, 0.25) is 0 Å². The van der Waals surface area contributed by atoms with Crippen molar-refractivity contribution in [2.24, 2.45) is 0 Å². The molecule has 0 saturated heterocycles. The van der Waals surface area contributed by atoms with E-state index in [-0.39, 0.29) is 23.1 Å². The van der Waals surface area contributed by atoms with Crippen LogP contribution in [0.3, 0.4) is 0 Å². The molecule has 0 spiro atoms. The highest BCUT2D eigenvalue weighted by molar-refractivity contribution is 5.95. The Kier molecular flexibility index (Phi) is 3.26. The predicted molar refractivity (Wildman–Crippen MR) is 72.2 cm³/mol. The maximum Gasteiger partial charge on any atom is 0.344 e. The molecule has 20 heavy (non-hydrogen) atoms. The van der Waals surface area contributed by atoms with Crippen molar-refractivity contribution in [2.75, 3.05) is 0 Å². The zero-order valence-corrected chi connectivity index (χ0v) is 10.8. The van der Waals surface area contributed by atoms with Gasteiger partial charge in [-0.15, -0.1) is 0 Å². The number of rotatable bonds is 2. The second-order valence-electron chi connectivity index (χ2n) is 5.08. The lowest BCUT2D eigenvalue weighted by molar-refractivity contribution is 0.0906. The number of halogens is 1. The third-order valence-electron chi connectivity index (χ3n) is 3.64. The van der Waals surface area contributed by atoms with Crippen LogP contribution in [0.25, 0.3) is 10.8 Å². The average Bonchev–Trinajstić information content (AvgIpc) is 2.92. The van der Waals surface area contributed by atoms with Crippen molar-refractivity contribution in [1.82, 2.24) is 5.32 Å². The minimum Gasteiger partial charge on any atom is -0.417 e. The molecule has 1 amide bonds. The van der Waals surface area contributed by atoms with Crippen LogP contribution in [-0.4, -0.2) is 11.9 Å². The zero-order chi connectivity index (χ0) is 14.1. The highest BCUT2D eigenvalue weighted by atomic mass is 19.1. The molecule has 0 bridgehead atoms. The summed E-state index contributed by atoms with van der Waals surface area (Å²) in [5.41, 5.74) is -0.696. The van der Waals surface area contributed by atoms with Gasteiger partial charge in [-0.3, -0.25) is 4.79 Å². The normalized spacial score (nSPS) is 15.7. The summed E-state index contributed by atoms with van der Waals surface area (Å²) >= 11 is 0. The summed E-state index contributed by atoms with van der Waals surface area (Å²) in [6.45, 7) is 0. The number of amides is 1. The standard InChI is InChI=1S/C15H14FNO3/c16-10-6-5-9-7-13(20-15(19)12(9)8-10)14(18)17-11-3-1-2-4-11/h5-8,11H,1-4H2,(H,17,18). The summed E-state index contributed by atoms with van der Waals surface area (Å²) in [5.74, 6) is -0.922. The monoisotopic (exact) mass is 275 g/mol. The number of carbonyl (C=O) groups is 1. The fourth-order valence-electron chi connectivity index (χ4n) is 2.60. The van der Waals surface area contributed by atoms with E-state index in [0.29, 0.717) is 5.39 Å². The van der Waals surface area contributed by atoms with Gasteiger partial charge in [-0.25, -0.2) is 9.18 Å². The first-order valence-electron chi connectivity index (χ1n) is 6.68. The number of fused-ring (bicyclic) bond motifs is 1.